The highest BCUT2D eigenvalue weighted by Crippen LogP contribution is 2.44. The second-order valence-corrected chi connectivity index (χ2v) is 12.5. The average molecular weight is 631 g/mol. The van der Waals surface area contributed by atoms with Crippen LogP contribution in [0.5, 0.6) is 0 Å². The third-order valence-electron chi connectivity index (χ3n) is 8.74. The smallest absolute Gasteiger partial charge is 0.165 e. The molecule has 222 valence electrons. The normalized spacial score (nSPS) is 11.3. The van der Waals surface area contributed by atoms with Gasteiger partial charge >= 0.3 is 0 Å². The Morgan fingerprint density at radius 1 is 0.521 bits per heavy atom. The summed E-state index contributed by atoms with van der Waals surface area (Å²) in [5.41, 5.74) is 5.46. The third kappa shape index (κ3) is 4.27. The monoisotopic (exact) mass is 630 g/mol. The summed E-state index contributed by atoms with van der Waals surface area (Å²) in [6.45, 7) is 0. The summed E-state index contributed by atoms with van der Waals surface area (Å²) in [4.78, 5) is 14.5. The minimum Gasteiger partial charge on any atom is -0.308 e. The number of fused-ring (bicyclic) bond motifs is 7. The fraction of sp³-hybridized carbons (Fsp3) is 0. The highest BCUT2D eigenvalue weighted by Gasteiger charge is 2.22. The molecule has 0 aliphatic carbocycles. The molecule has 0 saturated heterocycles. The van der Waals surface area contributed by atoms with Gasteiger partial charge in [-0.15, -0.1) is 11.3 Å². The zero-order chi connectivity index (χ0) is 32.2. The van der Waals surface area contributed by atoms with Gasteiger partial charge in [-0.2, -0.15) is 10.5 Å². The minimum absolute atomic E-state index is 0.330. The van der Waals surface area contributed by atoms with Gasteiger partial charge in [-0.1, -0.05) is 103 Å². The Kier molecular flexibility index (Phi) is 6.33. The molecule has 3 heterocycles. The van der Waals surface area contributed by atoms with Crippen LogP contribution in [0.2, 0.25) is 0 Å². The van der Waals surface area contributed by atoms with Gasteiger partial charge in [0.25, 0.3) is 0 Å². The number of rotatable bonds is 4. The summed E-state index contributed by atoms with van der Waals surface area (Å²) >= 11 is 1.78. The summed E-state index contributed by atoms with van der Waals surface area (Å²) in [5, 5.41) is 25.9. The van der Waals surface area contributed by atoms with Crippen LogP contribution in [0.15, 0.2) is 133 Å². The Balaban J connectivity index is 1.31. The number of hydrogen-bond donors (Lipinski definition) is 0. The van der Waals surface area contributed by atoms with Crippen molar-refractivity contribution in [1.82, 2.24) is 19.5 Å². The lowest BCUT2D eigenvalue weighted by Gasteiger charge is -2.14. The summed E-state index contributed by atoms with van der Waals surface area (Å²) in [6, 6.07) is 48.7. The van der Waals surface area contributed by atoms with E-state index in [0.717, 1.165) is 32.9 Å². The van der Waals surface area contributed by atoms with E-state index in [-0.39, 0.29) is 0 Å². The van der Waals surface area contributed by atoms with Crippen molar-refractivity contribution < 1.29 is 0 Å². The van der Waals surface area contributed by atoms with Gasteiger partial charge in [0.2, 0.25) is 0 Å². The van der Waals surface area contributed by atoms with Crippen molar-refractivity contribution in [3.05, 3.63) is 145 Å². The molecule has 0 fully saturated rings. The fourth-order valence-corrected chi connectivity index (χ4v) is 7.82. The maximum atomic E-state index is 10.6. The number of nitriles is 2. The molecule has 6 nitrogen and oxygen atoms in total. The number of thiophene rings is 1. The molecule has 0 amide bonds. The van der Waals surface area contributed by atoms with Crippen LogP contribution in [0.4, 0.5) is 0 Å². The lowest BCUT2D eigenvalue weighted by Crippen LogP contribution is -2.04. The van der Waals surface area contributed by atoms with Crippen molar-refractivity contribution in [1.29, 1.82) is 10.5 Å². The van der Waals surface area contributed by atoms with Crippen LogP contribution in [0.25, 0.3) is 81.8 Å². The average Bonchev–Trinajstić information content (AvgIpc) is 3.70. The van der Waals surface area contributed by atoms with E-state index in [0.29, 0.717) is 39.9 Å². The van der Waals surface area contributed by atoms with Crippen LogP contribution in [0.3, 0.4) is 0 Å². The molecule has 0 radical (unpaired) electrons. The Morgan fingerprint density at radius 3 is 1.81 bits per heavy atom. The second-order valence-electron chi connectivity index (χ2n) is 11.5. The van der Waals surface area contributed by atoms with E-state index in [2.05, 4.69) is 65.2 Å². The van der Waals surface area contributed by atoms with Crippen LogP contribution in [0.1, 0.15) is 11.1 Å². The van der Waals surface area contributed by atoms with Crippen LogP contribution >= 0.6 is 11.3 Å². The number of aromatic nitrogens is 4. The van der Waals surface area contributed by atoms with E-state index >= 15 is 0 Å². The van der Waals surface area contributed by atoms with Crippen molar-refractivity contribution >= 4 is 53.3 Å². The zero-order valence-corrected chi connectivity index (χ0v) is 26.1. The van der Waals surface area contributed by atoms with Gasteiger partial charge in [-0.3, -0.25) is 0 Å². The Morgan fingerprint density at radius 2 is 1.12 bits per heavy atom. The van der Waals surface area contributed by atoms with Crippen molar-refractivity contribution in [2.24, 2.45) is 0 Å². The van der Waals surface area contributed by atoms with Crippen molar-refractivity contribution in [3.8, 4) is 52.0 Å². The first-order valence-corrected chi connectivity index (χ1v) is 16.2. The summed E-state index contributed by atoms with van der Waals surface area (Å²) in [7, 11) is 0. The third-order valence-corrected chi connectivity index (χ3v) is 9.94. The van der Waals surface area contributed by atoms with E-state index in [1.54, 1.807) is 23.5 Å². The van der Waals surface area contributed by atoms with E-state index in [1.165, 1.54) is 20.2 Å². The largest absolute Gasteiger partial charge is 0.308 e. The van der Waals surface area contributed by atoms with Gasteiger partial charge in [0.1, 0.15) is 6.07 Å². The van der Waals surface area contributed by atoms with Crippen molar-refractivity contribution in [2.75, 3.05) is 0 Å². The predicted molar refractivity (Wildman–Crippen MR) is 193 cm³/mol. The Labute approximate surface area is 279 Å². The maximum absolute atomic E-state index is 10.6. The molecule has 0 aliphatic heterocycles. The highest BCUT2D eigenvalue weighted by molar-refractivity contribution is 7.26. The number of hydrogen-bond acceptors (Lipinski definition) is 6. The molecule has 0 atom stereocenters. The predicted octanol–water partition coefficient (Wildman–Crippen LogP) is 10.1. The molecule has 7 heteroatoms. The molecule has 3 aromatic heterocycles. The van der Waals surface area contributed by atoms with Gasteiger partial charge in [-0.05, 0) is 30.3 Å². The number of nitrogens with zero attached hydrogens (tertiary/aromatic N) is 6. The molecule has 0 aliphatic rings. The molecule has 9 rings (SSSR count). The first-order chi connectivity index (χ1) is 23.7. The van der Waals surface area contributed by atoms with Gasteiger partial charge in [0.15, 0.2) is 17.5 Å². The number of para-hydroxylation sites is 1. The molecule has 9 aromatic rings. The van der Waals surface area contributed by atoms with Gasteiger partial charge < -0.3 is 4.57 Å². The molecular formula is C41H22N6S. The SMILES string of the molecule is N#Cc1cc(-n2c3ccccc3c3c4sc5ccccc5c4ccc32)c(C#N)cc1-c1nc(-c2ccccc2)nc(-c2ccccc2)n1. The molecule has 0 saturated carbocycles. The van der Waals surface area contributed by atoms with Crippen molar-refractivity contribution in [3.63, 3.8) is 0 Å². The summed E-state index contributed by atoms with van der Waals surface area (Å²) in [5.74, 6) is 1.30. The maximum Gasteiger partial charge on any atom is 0.165 e. The van der Waals surface area contributed by atoms with Crippen LogP contribution in [-0.4, -0.2) is 19.5 Å². The Hall–Kier alpha value is -6.67. The van der Waals surface area contributed by atoms with Crippen LogP contribution in [0, 0.1) is 22.7 Å². The fourth-order valence-electron chi connectivity index (χ4n) is 6.56. The van der Waals surface area contributed by atoms with E-state index < -0.39 is 0 Å². The van der Waals surface area contributed by atoms with E-state index in [1.807, 2.05) is 72.8 Å². The lowest BCUT2D eigenvalue weighted by atomic mass is 10.0. The molecule has 0 spiro atoms. The minimum atomic E-state index is 0.330. The van der Waals surface area contributed by atoms with Crippen molar-refractivity contribution in [2.45, 2.75) is 0 Å². The first kappa shape index (κ1) is 27.6. The molecule has 48 heavy (non-hydrogen) atoms. The van der Waals surface area contributed by atoms with Crippen LogP contribution in [-0.2, 0) is 0 Å². The standard InChI is InChI=1S/C41H22N6S/c42-23-27-22-35(47-33-17-9-7-16-31(33)37-34(47)20-19-30-29-15-8-10-18-36(29)48-38(30)37)28(24-43)21-32(27)41-45-39(25-11-3-1-4-12-25)44-40(46-41)26-13-5-2-6-14-26/h1-22H. The lowest BCUT2D eigenvalue weighted by molar-refractivity contribution is 1.07. The topological polar surface area (TPSA) is 91.2 Å². The molecule has 6 aromatic carbocycles. The van der Waals surface area contributed by atoms with E-state index in [9.17, 15) is 10.5 Å². The molecule has 0 N–H and O–H groups in total. The first-order valence-electron chi connectivity index (χ1n) is 15.4. The molecular weight excluding hydrogens is 609 g/mol. The molecule has 0 bridgehead atoms. The van der Waals surface area contributed by atoms with Gasteiger partial charge in [0, 0.05) is 47.6 Å². The Bertz CT molecular complexity index is 2740. The zero-order valence-electron chi connectivity index (χ0n) is 25.3. The van der Waals surface area contributed by atoms with Gasteiger partial charge in [0.05, 0.1) is 33.9 Å². The molecule has 0 unspecified atom stereocenters. The van der Waals surface area contributed by atoms with Gasteiger partial charge in [-0.25, -0.2) is 15.0 Å². The quantitative estimate of drug-likeness (QED) is 0.193. The number of benzene rings is 6. The summed E-state index contributed by atoms with van der Waals surface area (Å²) < 4.78 is 4.54. The summed E-state index contributed by atoms with van der Waals surface area (Å²) in [6.07, 6.45) is 0. The van der Waals surface area contributed by atoms with Crippen LogP contribution < -0.4 is 0 Å². The second kappa shape index (κ2) is 11.0. The highest BCUT2D eigenvalue weighted by atomic mass is 32.1. The van der Waals surface area contributed by atoms with E-state index in [4.69, 9.17) is 15.0 Å².